The van der Waals surface area contributed by atoms with Crippen LogP contribution >= 0.6 is 15.9 Å². The number of hydrogen-bond acceptors (Lipinski definition) is 2. The van der Waals surface area contributed by atoms with Crippen LogP contribution in [0.15, 0.2) is 59.3 Å². The van der Waals surface area contributed by atoms with Crippen LogP contribution in [0.5, 0.6) is 0 Å². The number of halogens is 1. The molecule has 0 saturated carbocycles. The molecule has 2 aromatic carbocycles. The third-order valence-electron chi connectivity index (χ3n) is 4.24. The van der Waals surface area contributed by atoms with E-state index in [0.717, 1.165) is 38.7 Å². The molecule has 23 heavy (non-hydrogen) atoms. The molecule has 0 atom stereocenters. The van der Waals surface area contributed by atoms with Crippen molar-refractivity contribution in [2.75, 3.05) is 0 Å². The van der Waals surface area contributed by atoms with Gasteiger partial charge in [0.05, 0.1) is 0 Å². The van der Waals surface area contributed by atoms with Gasteiger partial charge in [-0.3, -0.25) is 9.78 Å². The van der Waals surface area contributed by atoms with Gasteiger partial charge in [0.25, 0.3) is 0 Å². The summed E-state index contributed by atoms with van der Waals surface area (Å²) in [7, 11) is 0. The van der Waals surface area contributed by atoms with Crippen molar-refractivity contribution >= 4 is 21.8 Å². The second kappa shape index (κ2) is 5.32. The number of pyridine rings is 1. The molecule has 2 N–H and O–H groups in total. The maximum Gasteiger partial charge on any atom is 0.249 e. The van der Waals surface area contributed by atoms with Gasteiger partial charge in [-0.15, -0.1) is 0 Å². The second-order valence-corrected chi connectivity index (χ2v) is 6.55. The lowest BCUT2D eigenvalue weighted by atomic mass is 10.00. The largest absolute Gasteiger partial charge is 0.366 e. The predicted molar refractivity (Wildman–Crippen MR) is 94.1 cm³/mol. The van der Waals surface area contributed by atoms with Gasteiger partial charge < -0.3 is 5.73 Å². The third-order valence-corrected chi connectivity index (χ3v) is 4.70. The van der Waals surface area contributed by atoms with E-state index in [2.05, 4.69) is 45.2 Å². The fraction of sp³-hybridized carbons (Fsp3) is 0.0526. The smallest absolute Gasteiger partial charge is 0.249 e. The number of amides is 1. The van der Waals surface area contributed by atoms with Crippen molar-refractivity contribution in [3.05, 3.63) is 76.0 Å². The number of benzene rings is 2. The van der Waals surface area contributed by atoms with E-state index in [1.165, 1.54) is 5.56 Å². The zero-order valence-electron chi connectivity index (χ0n) is 12.2. The molecule has 0 unspecified atom stereocenters. The van der Waals surface area contributed by atoms with Gasteiger partial charge in [0.15, 0.2) is 0 Å². The Hall–Kier alpha value is -2.46. The lowest BCUT2D eigenvalue weighted by Gasteiger charge is -2.07. The maximum absolute atomic E-state index is 11.7. The van der Waals surface area contributed by atoms with Crippen molar-refractivity contribution in [3.63, 3.8) is 0 Å². The first-order valence-corrected chi connectivity index (χ1v) is 8.09. The highest BCUT2D eigenvalue weighted by Crippen LogP contribution is 2.41. The molecule has 4 rings (SSSR count). The van der Waals surface area contributed by atoms with Crippen molar-refractivity contribution in [1.29, 1.82) is 0 Å². The Bertz CT molecular complexity index is 936. The van der Waals surface area contributed by atoms with Gasteiger partial charge in [-0.2, -0.15) is 0 Å². The molecule has 3 aromatic rings. The van der Waals surface area contributed by atoms with E-state index in [9.17, 15) is 4.79 Å². The minimum atomic E-state index is -0.386. The summed E-state index contributed by atoms with van der Waals surface area (Å²) in [6.45, 7) is 0. The number of nitrogens with zero attached hydrogens (tertiary/aromatic N) is 1. The molecule has 0 bridgehead atoms. The van der Waals surface area contributed by atoms with E-state index in [1.54, 1.807) is 12.3 Å². The van der Waals surface area contributed by atoms with Gasteiger partial charge in [-0.05, 0) is 58.0 Å². The van der Waals surface area contributed by atoms with Crippen molar-refractivity contribution in [2.45, 2.75) is 6.42 Å². The van der Waals surface area contributed by atoms with Crippen LogP contribution in [-0.4, -0.2) is 10.9 Å². The van der Waals surface area contributed by atoms with Gasteiger partial charge in [-0.25, -0.2) is 0 Å². The molecule has 1 aromatic heterocycles. The van der Waals surface area contributed by atoms with Crippen LogP contribution in [0.4, 0.5) is 0 Å². The standard InChI is InChI=1S/C19H13BrN2O/c20-14-8-17-15-4-3-11(12-2-1-5-22-10-12)6-13(15)7-16(17)18(9-14)19(21)23/h1-6,8-10H,7H2,(H2,21,23). The van der Waals surface area contributed by atoms with Crippen LogP contribution in [0.3, 0.4) is 0 Å². The molecule has 1 aliphatic rings. The summed E-state index contributed by atoms with van der Waals surface area (Å²) in [6, 6.07) is 14.2. The number of hydrogen-bond donors (Lipinski definition) is 1. The highest BCUT2D eigenvalue weighted by atomic mass is 79.9. The number of primary amides is 1. The van der Waals surface area contributed by atoms with E-state index in [0.29, 0.717) is 5.56 Å². The molecule has 112 valence electrons. The maximum atomic E-state index is 11.7. The Kier molecular flexibility index (Phi) is 3.27. The highest BCUT2D eigenvalue weighted by Gasteiger charge is 2.24. The highest BCUT2D eigenvalue weighted by molar-refractivity contribution is 9.10. The summed E-state index contributed by atoms with van der Waals surface area (Å²) >= 11 is 3.47. The Balaban J connectivity index is 1.86. The summed E-state index contributed by atoms with van der Waals surface area (Å²) in [6.07, 6.45) is 4.35. The van der Waals surface area contributed by atoms with Crippen LogP contribution < -0.4 is 5.73 Å². The Morgan fingerprint density at radius 3 is 2.70 bits per heavy atom. The van der Waals surface area contributed by atoms with Crippen molar-refractivity contribution in [3.8, 4) is 22.3 Å². The third kappa shape index (κ3) is 2.35. The average Bonchev–Trinajstić information content (AvgIpc) is 2.92. The van der Waals surface area contributed by atoms with Crippen LogP contribution in [0, 0.1) is 0 Å². The average molecular weight is 365 g/mol. The van der Waals surface area contributed by atoms with E-state index >= 15 is 0 Å². The monoisotopic (exact) mass is 364 g/mol. The molecule has 0 fully saturated rings. The minimum absolute atomic E-state index is 0.386. The van der Waals surface area contributed by atoms with Crippen molar-refractivity contribution < 1.29 is 4.79 Å². The van der Waals surface area contributed by atoms with Crippen molar-refractivity contribution in [1.82, 2.24) is 4.98 Å². The zero-order valence-corrected chi connectivity index (χ0v) is 13.8. The molecule has 0 saturated heterocycles. The van der Waals surface area contributed by atoms with Gasteiger partial charge >= 0.3 is 0 Å². The Labute approximate surface area is 142 Å². The molecule has 1 aliphatic carbocycles. The van der Waals surface area contributed by atoms with E-state index in [4.69, 9.17) is 5.73 Å². The summed E-state index contributed by atoms with van der Waals surface area (Å²) in [5, 5.41) is 0. The molecule has 0 radical (unpaired) electrons. The van der Waals surface area contributed by atoms with Crippen LogP contribution in [0.1, 0.15) is 21.5 Å². The topological polar surface area (TPSA) is 56.0 Å². The number of aromatic nitrogens is 1. The first kappa shape index (κ1) is 14.2. The van der Waals surface area contributed by atoms with Crippen LogP contribution in [-0.2, 0) is 6.42 Å². The van der Waals surface area contributed by atoms with Crippen LogP contribution in [0.2, 0.25) is 0 Å². The number of carbonyl (C=O) groups is 1. The molecule has 1 heterocycles. The number of fused-ring (bicyclic) bond motifs is 3. The predicted octanol–water partition coefficient (Wildman–Crippen LogP) is 4.18. The van der Waals surface area contributed by atoms with E-state index < -0.39 is 0 Å². The molecule has 0 aliphatic heterocycles. The summed E-state index contributed by atoms with van der Waals surface area (Å²) in [5.41, 5.74) is 12.8. The van der Waals surface area contributed by atoms with Gasteiger partial charge in [-0.1, -0.05) is 40.2 Å². The van der Waals surface area contributed by atoms with Crippen molar-refractivity contribution in [2.24, 2.45) is 5.73 Å². The van der Waals surface area contributed by atoms with Gasteiger partial charge in [0.1, 0.15) is 0 Å². The first-order valence-electron chi connectivity index (χ1n) is 7.29. The summed E-state index contributed by atoms with van der Waals surface area (Å²) in [4.78, 5) is 15.9. The number of rotatable bonds is 2. The first-order chi connectivity index (χ1) is 11.1. The molecular weight excluding hydrogens is 352 g/mol. The molecule has 3 nitrogen and oxygen atoms in total. The van der Waals surface area contributed by atoms with E-state index in [1.807, 2.05) is 18.3 Å². The SMILES string of the molecule is NC(=O)c1cc(Br)cc2c1Cc1cc(-c3cccnc3)ccc1-2. The van der Waals surface area contributed by atoms with Gasteiger partial charge in [0.2, 0.25) is 5.91 Å². The number of nitrogens with two attached hydrogens (primary N) is 1. The lowest BCUT2D eigenvalue weighted by molar-refractivity contribution is 0.0999. The second-order valence-electron chi connectivity index (χ2n) is 5.63. The Morgan fingerprint density at radius 1 is 1.09 bits per heavy atom. The molecule has 1 amide bonds. The molecule has 4 heteroatoms. The van der Waals surface area contributed by atoms with E-state index in [-0.39, 0.29) is 5.91 Å². The normalized spacial score (nSPS) is 11.9. The fourth-order valence-electron chi connectivity index (χ4n) is 3.19. The quantitative estimate of drug-likeness (QED) is 0.579. The molecular formula is C19H13BrN2O. The summed E-state index contributed by atoms with van der Waals surface area (Å²) < 4.78 is 0.870. The number of carbonyl (C=O) groups excluding carboxylic acids is 1. The molecule has 0 spiro atoms. The minimum Gasteiger partial charge on any atom is -0.366 e. The summed E-state index contributed by atoms with van der Waals surface area (Å²) in [5.74, 6) is -0.386. The lowest BCUT2D eigenvalue weighted by Crippen LogP contribution is -2.13. The van der Waals surface area contributed by atoms with Crippen LogP contribution in [0.25, 0.3) is 22.3 Å². The Morgan fingerprint density at radius 2 is 1.96 bits per heavy atom. The van der Waals surface area contributed by atoms with Gasteiger partial charge in [0, 0.05) is 22.4 Å². The fourth-order valence-corrected chi connectivity index (χ4v) is 3.65. The zero-order chi connectivity index (χ0) is 16.0.